The summed E-state index contributed by atoms with van der Waals surface area (Å²) in [6.45, 7) is 0.521. The molecule has 0 radical (unpaired) electrons. The molecule has 0 N–H and O–H groups in total. The van der Waals surface area contributed by atoms with E-state index >= 15 is 0 Å². The molecule has 0 saturated carbocycles. The predicted octanol–water partition coefficient (Wildman–Crippen LogP) is 1.83. The van der Waals surface area contributed by atoms with E-state index in [1.807, 2.05) is 12.1 Å². The van der Waals surface area contributed by atoms with Gasteiger partial charge < -0.3 is 19.1 Å². The molecule has 3 rings (SSSR count). The number of nitrogens with zero attached hydrogens (tertiary/aromatic N) is 4. The molecule has 0 atom stereocenters. The van der Waals surface area contributed by atoms with Crippen LogP contribution in [0.4, 0.5) is 5.82 Å². The van der Waals surface area contributed by atoms with Crippen LogP contribution in [-0.2, 0) is 11.3 Å². The molecule has 0 fully saturated rings. The Bertz CT molecular complexity index is 822. The summed E-state index contributed by atoms with van der Waals surface area (Å²) in [5.41, 5.74) is 1.03. The summed E-state index contributed by atoms with van der Waals surface area (Å²) in [4.78, 5) is 27.0. The molecule has 0 saturated heterocycles. The lowest BCUT2D eigenvalue weighted by Gasteiger charge is -2.22. The summed E-state index contributed by atoms with van der Waals surface area (Å²) < 4.78 is 15.9. The van der Waals surface area contributed by atoms with E-state index in [9.17, 15) is 4.79 Å². The topological polar surface area (TPSA) is 86.1 Å². The quantitative estimate of drug-likeness (QED) is 0.842. The van der Waals surface area contributed by atoms with Crippen molar-refractivity contribution in [1.82, 2.24) is 14.9 Å². The number of methoxy groups -OCH3 is 3. The largest absolute Gasteiger partial charge is 0.497 e. The Morgan fingerprint density at radius 2 is 1.88 bits per heavy atom. The van der Waals surface area contributed by atoms with Gasteiger partial charge in [0.1, 0.15) is 11.5 Å². The molecule has 8 heteroatoms. The van der Waals surface area contributed by atoms with Gasteiger partial charge in [0.25, 0.3) is 5.91 Å². The highest BCUT2D eigenvalue weighted by atomic mass is 16.5. The molecule has 25 heavy (non-hydrogen) atoms. The lowest BCUT2D eigenvalue weighted by atomic mass is 10.1. The number of rotatable bonds is 4. The normalized spacial score (nSPS) is 13.6. The Hall–Kier alpha value is -3.16. The molecule has 0 aliphatic carbocycles. The van der Waals surface area contributed by atoms with E-state index in [1.165, 1.54) is 19.5 Å². The minimum absolute atomic E-state index is 0.196. The second-order valence-corrected chi connectivity index (χ2v) is 5.28. The van der Waals surface area contributed by atoms with E-state index in [4.69, 9.17) is 14.2 Å². The monoisotopic (exact) mass is 342 g/mol. The third-order valence-corrected chi connectivity index (χ3v) is 3.82. The zero-order valence-electron chi connectivity index (χ0n) is 14.2. The number of benzene rings is 1. The van der Waals surface area contributed by atoms with Crippen molar-refractivity contribution in [3.8, 4) is 11.5 Å². The van der Waals surface area contributed by atoms with Gasteiger partial charge in [-0.05, 0) is 12.1 Å². The minimum atomic E-state index is -0.267. The molecule has 2 aromatic rings. The number of aliphatic imine (C=N–C) groups is 1. The number of fused-ring (bicyclic) bond motifs is 1. The zero-order valence-corrected chi connectivity index (χ0v) is 14.2. The Balaban J connectivity index is 1.95. The van der Waals surface area contributed by atoms with Gasteiger partial charge in [-0.3, -0.25) is 4.79 Å². The number of aromatic nitrogens is 2. The van der Waals surface area contributed by atoms with Crippen molar-refractivity contribution < 1.29 is 19.0 Å². The second kappa shape index (κ2) is 7.16. The van der Waals surface area contributed by atoms with Gasteiger partial charge in [0.15, 0.2) is 11.5 Å². The Morgan fingerprint density at radius 3 is 2.60 bits per heavy atom. The Labute approximate surface area is 145 Å². The summed E-state index contributed by atoms with van der Waals surface area (Å²) >= 11 is 0. The molecule has 2 heterocycles. The molecule has 0 spiro atoms. The van der Waals surface area contributed by atoms with Gasteiger partial charge in [-0.2, -0.15) is 4.99 Å². The molecule has 1 aromatic heterocycles. The summed E-state index contributed by atoms with van der Waals surface area (Å²) in [6.07, 6.45) is 2.96. The van der Waals surface area contributed by atoms with Gasteiger partial charge in [-0.1, -0.05) is 0 Å². The van der Waals surface area contributed by atoms with Crippen LogP contribution < -0.4 is 9.47 Å². The molecular weight excluding hydrogens is 324 g/mol. The highest BCUT2D eigenvalue weighted by molar-refractivity contribution is 6.01. The van der Waals surface area contributed by atoms with E-state index in [0.717, 1.165) is 5.56 Å². The first-order valence-corrected chi connectivity index (χ1v) is 7.59. The Morgan fingerprint density at radius 1 is 1.08 bits per heavy atom. The summed E-state index contributed by atoms with van der Waals surface area (Å²) in [5.74, 6) is 1.69. The van der Waals surface area contributed by atoms with Crippen LogP contribution in [0, 0.1) is 0 Å². The smallest absolute Gasteiger partial charge is 0.277 e. The molecule has 130 valence electrons. The predicted molar refractivity (Wildman–Crippen MR) is 90.4 cm³/mol. The van der Waals surface area contributed by atoms with Crippen LogP contribution in [-0.4, -0.2) is 54.5 Å². The van der Waals surface area contributed by atoms with Crippen molar-refractivity contribution in [2.75, 3.05) is 27.9 Å². The molecule has 1 aliphatic rings. The SMILES string of the molecule is COC1=Nc2nccnc2C(=O)N(Cc2ccc(OC)cc2OC)C1. The van der Waals surface area contributed by atoms with Crippen LogP contribution in [0.25, 0.3) is 0 Å². The van der Waals surface area contributed by atoms with E-state index in [0.29, 0.717) is 23.9 Å². The number of amides is 1. The molecule has 1 aromatic carbocycles. The van der Waals surface area contributed by atoms with Crippen LogP contribution in [0.1, 0.15) is 16.1 Å². The molecule has 1 aliphatic heterocycles. The second-order valence-electron chi connectivity index (χ2n) is 5.28. The van der Waals surface area contributed by atoms with Crippen LogP contribution in [0.15, 0.2) is 35.6 Å². The fourth-order valence-corrected chi connectivity index (χ4v) is 2.53. The van der Waals surface area contributed by atoms with Crippen molar-refractivity contribution >= 4 is 17.6 Å². The van der Waals surface area contributed by atoms with Gasteiger partial charge in [-0.25, -0.2) is 9.97 Å². The third kappa shape index (κ3) is 3.37. The highest BCUT2D eigenvalue weighted by Crippen LogP contribution is 2.27. The first-order valence-electron chi connectivity index (χ1n) is 7.59. The van der Waals surface area contributed by atoms with E-state index in [-0.39, 0.29) is 24.0 Å². The fourth-order valence-electron chi connectivity index (χ4n) is 2.53. The van der Waals surface area contributed by atoms with Gasteiger partial charge in [-0.15, -0.1) is 0 Å². The number of carbonyl (C=O) groups excluding carboxylic acids is 1. The average Bonchev–Trinajstić information content (AvgIpc) is 2.79. The standard InChI is InChI=1S/C17H18N4O4/c1-23-12-5-4-11(13(8-12)24-2)9-21-10-14(25-3)20-16-15(17(21)22)18-6-7-19-16/h4-8H,9-10H2,1-3H3. The van der Waals surface area contributed by atoms with E-state index in [2.05, 4.69) is 15.0 Å². The molecule has 1 amide bonds. The molecule has 0 unspecified atom stereocenters. The Kier molecular flexibility index (Phi) is 4.78. The third-order valence-electron chi connectivity index (χ3n) is 3.82. The maximum Gasteiger partial charge on any atom is 0.277 e. The summed E-state index contributed by atoms with van der Waals surface area (Å²) in [6, 6.07) is 5.45. The van der Waals surface area contributed by atoms with Crippen molar-refractivity contribution in [2.24, 2.45) is 4.99 Å². The summed E-state index contributed by atoms with van der Waals surface area (Å²) in [7, 11) is 4.67. The first kappa shape index (κ1) is 16.7. The molecule has 8 nitrogen and oxygen atoms in total. The van der Waals surface area contributed by atoms with E-state index in [1.54, 1.807) is 25.2 Å². The van der Waals surface area contributed by atoms with Gasteiger partial charge in [0.05, 0.1) is 34.4 Å². The maximum absolute atomic E-state index is 12.9. The molecular formula is C17H18N4O4. The number of hydrogen-bond acceptors (Lipinski definition) is 7. The lowest BCUT2D eigenvalue weighted by Crippen LogP contribution is -2.35. The maximum atomic E-state index is 12.9. The lowest BCUT2D eigenvalue weighted by molar-refractivity contribution is 0.0757. The number of hydrogen-bond donors (Lipinski definition) is 0. The fraction of sp³-hybridized carbons (Fsp3) is 0.294. The van der Waals surface area contributed by atoms with Crippen LogP contribution in [0.5, 0.6) is 11.5 Å². The van der Waals surface area contributed by atoms with Crippen LogP contribution in [0.2, 0.25) is 0 Å². The van der Waals surface area contributed by atoms with Gasteiger partial charge >= 0.3 is 0 Å². The van der Waals surface area contributed by atoms with Gasteiger partial charge in [0, 0.05) is 24.0 Å². The van der Waals surface area contributed by atoms with Gasteiger partial charge in [0.2, 0.25) is 5.90 Å². The molecule has 0 bridgehead atoms. The first-order chi connectivity index (χ1) is 12.2. The average molecular weight is 342 g/mol. The minimum Gasteiger partial charge on any atom is -0.497 e. The van der Waals surface area contributed by atoms with Crippen LogP contribution >= 0.6 is 0 Å². The van der Waals surface area contributed by atoms with E-state index < -0.39 is 0 Å². The summed E-state index contributed by atoms with van der Waals surface area (Å²) in [5, 5.41) is 0. The highest BCUT2D eigenvalue weighted by Gasteiger charge is 2.27. The van der Waals surface area contributed by atoms with Crippen molar-refractivity contribution in [3.05, 3.63) is 41.9 Å². The number of carbonyl (C=O) groups is 1. The number of ether oxygens (including phenoxy) is 3. The van der Waals surface area contributed by atoms with Crippen molar-refractivity contribution in [2.45, 2.75) is 6.54 Å². The van der Waals surface area contributed by atoms with Crippen molar-refractivity contribution in [1.29, 1.82) is 0 Å². The van der Waals surface area contributed by atoms with Crippen molar-refractivity contribution in [3.63, 3.8) is 0 Å². The zero-order chi connectivity index (χ0) is 17.8. The van der Waals surface area contributed by atoms with Crippen LogP contribution in [0.3, 0.4) is 0 Å².